The summed E-state index contributed by atoms with van der Waals surface area (Å²) in [7, 11) is 1.60. The molecule has 0 saturated carbocycles. The minimum Gasteiger partial charge on any atom is -0.481 e. The monoisotopic (exact) mass is 286 g/mol. The number of hydrogen-bond donors (Lipinski definition) is 1. The number of carboxylic acids is 1. The fourth-order valence-corrected chi connectivity index (χ4v) is 2.27. The number of hydrogen-bond acceptors (Lipinski definition) is 4. The first-order valence-corrected chi connectivity index (χ1v) is 6.75. The maximum atomic E-state index is 12.1. The molecule has 2 amide bonds. The van der Waals surface area contributed by atoms with Crippen LogP contribution in [0.15, 0.2) is 0 Å². The third-order valence-electron chi connectivity index (χ3n) is 3.48. The molecule has 1 fully saturated rings. The number of urea groups is 1. The number of amides is 2. The molecule has 0 radical (unpaired) electrons. The van der Waals surface area contributed by atoms with Gasteiger partial charge in [-0.05, 0) is 12.8 Å². The van der Waals surface area contributed by atoms with Gasteiger partial charge < -0.3 is 19.6 Å². The lowest BCUT2D eigenvalue weighted by Crippen LogP contribution is -2.41. The van der Waals surface area contributed by atoms with E-state index in [-0.39, 0.29) is 37.4 Å². The number of carbonyl (C=O) groups is 3. The molecule has 1 aliphatic rings. The van der Waals surface area contributed by atoms with Gasteiger partial charge in [-0.15, -0.1) is 0 Å². The summed E-state index contributed by atoms with van der Waals surface area (Å²) in [5, 5.41) is 9.04. The normalized spacial score (nSPS) is 21.6. The highest BCUT2D eigenvalue weighted by Crippen LogP contribution is 2.23. The molecule has 2 atom stereocenters. The fourth-order valence-electron chi connectivity index (χ4n) is 2.27. The van der Waals surface area contributed by atoms with Crippen molar-refractivity contribution >= 4 is 18.0 Å². The number of carboxylic acid groups (broad SMARTS) is 1. The summed E-state index contributed by atoms with van der Waals surface area (Å²) < 4.78 is 4.79. The lowest BCUT2D eigenvalue weighted by molar-refractivity contribution is -0.143. The van der Waals surface area contributed by atoms with Crippen LogP contribution in [0.1, 0.15) is 20.3 Å². The van der Waals surface area contributed by atoms with Gasteiger partial charge >= 0.3 is 18.0 Å². The Labute approximate surface area is 118 Å². The predicted octanol–water partition coefficient (Wildman–Crippen LogP) is 0.644. The zero-order chi connectivity index (χ0) is 15.3. The molecule has 0 aromatic heterocycles. The number of ether oxygens (including phenoxy) is 1. The Balaban J connectivity index is 2.46. The van der Waals surface area contributed by atoms with Gasteiger partial charge in [0, 0.05) is 26.7 Å². The Morgan fingerprint density at radius 1 is 1.35 bits per heavy atom. The van der Waals surface area contributed by atoms with Crippen LogP contribution in [0.2, 0.25) is 0 Å². The molecular formula is C13H22N2O5. The van der Waals surface area contributed by atoms with E-state index < -0.39 is 11.9 Å². The van der Waals surface area contributed by atoms with Crippen molar-refractivity contribution in [2.45, 2.75) is 20.3 Å². The maximum Gasteiger partial charge on any atom is 0.319 e. The SMILES string of the molecule is CCOC(=O)CCN(C)C(=O)N1C[C@@H](C)[C@H](C(=O)O)C1. The van der Waals surface area contributed by atoms with E-state index in [4.69, 9.17) is 9.84 Å². The van der Waals surface area contributed by atoms with Crippen molar-refractivity contribution in [2.75, 3.05) is 33.3 Å². The first-order valence-electron chi connectivity index (χ1n) is 6.75. The molecule has 0 aromatic rings. The van der Waals surface area contributed by atoms with E-state index in [1.165, 1.54) is 9.80 Å². The molecule has 0 bridgehead atoms. The number of likely N-dealkylation sites (tertiary alicyclic amines) is 1. The third kappa shape index (κ3) is 4.11. The second-order valence-electron chi connectivity index (χ2n) is 5.09. The van der Waals surface area contributed by atoms with E-state index in [1.54, 1.807) is 14.0 Å². The van der Waals surface area contributed by atoms with Crippen molar-refractivity contribution in [1.29, 1.82) is 0 Å². The number of rotatable bonds is 5. The summed E-state index contributed by atoms with van der Waals surface area (Å²) in [6, 6.07) is -0.245. The van der Waals surface area contributed by atoms with Crippen molar-refractivity contribution in [1.82, 2.24) is 9.80 Å². The predicted molar refractivity (Wildman–Crippen MR) is 71.1 cm³/mol. The topological polar surface area (TPSA) is 87.2 Å². The zero-order valence-corrected chi connectivity index (χ0v) is 12.2. The highest BCUT2D eigenvalue weighted by Gasteiger charge is 2.37. The Morgan fingerprint density at radius 2 is 2.00 bits per heavy atom. The summed E-state index contributed by atoms with van der Waals surface area (Å²) in [6.45, 7) is 4.79. The summed E-state index contributed by atoms with van der Waals surface area (Å²) in [5.74, 6) is -1.79. The number of carbonyl (C=O) groups excluding carboxylic acids is 2. The Morgan fingerprint density at radius 3 is 2.50 bits per heavy atom. The van der Waals surface area contributed by atoms with Crippen LogP contribution >= 0.6 is 0 Å². The van der Waals surface area contributed by atoms with Gasteiger partial charge in [-0.25, -0.2) is 4.79 Å². The van der Waals surface area contributed by atoms with Crippen LogP contribution in [0.5, 0.6) is 0 Å². The van der Waals surface area contributed by atoms with E-state index >= 15 is 0 Å². The van der Waals surface area contributed by atoms with Crippen LogP contribution in [0.3, 0.4) is 0 Å². The zero-order valence-electron chi connectivity index (χ0n) is 12.2. The second-order valence-corrected chi connectivity index (χ2v) is 5.09. The molecule has 0 unspecified atom stereocenters. The Kier molecular flexibility index (Phi) is 5.79. The van der Waals surface area contributed by atoms with E-state index in [1.807, 2.05) is 6.92 Å². The molecule has 1 aliphatic heterocycles. The van der Waals surface area contributed by atoms with E-state index in [0.29, 0.717) is 13.2 Å². The smallest absolute Gasteiger partial charge is 0.319 e. The van der Waals surface area contributed by atoms with Crippen molar-refractivity contribution in [3.63, 3.8) is 0 Å². The van der Waals surface area contributed by atoms with E-state index in [9.17, 15) is 14.4 Å². The molecule has 0 aromatic carbocycles. The molecule has 1 rings (SSSR count). The Hall–Kier alpha value is -1.79. The summed E-state index contributed by atoms with van der Waals surface area (Å²) in [5.41, 5.74) is 0. The van der Waals surface area contributed by atoms with E-state index in [2.05, 4.69) is 0 Å². The van der Waals surface area contributed by atoms with Crippen molar-refractivity contribution in [3.8, 4) is 0 Å². The lowest BCUT2D eigenvalue weighted by atomic mass is 9.99. The summed E-state index contributed by atoms with van der Waals surface area (Å²) in [4.78, 5) is 37.3. The molecule has 7 nitrogen and oxygen atoms in total. The number of nitrogens with zero attached hydrogens (tertiary/aromatic N) is 2. The average molecular weight is 286 g/mol. The molecule has 0 spiro atoms. The molecule has 7 heteroatoms. The van der Waals surface area contributed by atoms with Crippen LogP contribution in [0.4, 0.5) is 4.79 Å². The minimum atomic E-state index is -0.873. The lowest BCUT2D eigenvalue weighted by Gasteiger charge is -2.24. The van der Waals surface area contributed by atoms with Gasteiger partial charge in [-0.3, -0.25) is 9.59 Å². The molecule has 114 valence electrons. The van der Waals surface area contributed by atoms with Gasteiger partial charge in [0.05, 0.1) is 18.9 Å². The average Bonchev–Trinajstić information content (AvgIpc) is 2.77. The first kappa shape index (κ1) is 16.3. The molecule has 1 saturated heterocycles. The second kappa shape index (κ2) is 7.12. The molecule has 0 aliphatic carbocycles. The molecule has 1 heterocycles. The van der Waals surface area contributed by atoms with Gasteiger partial charge in [-0.2, -0.15) is 0 Å². The fraction of sp³-hybridized carbons (Fsp3) is 0.769. The van der Waals surface area contributed by atoms with E-state index in [0.717, 1.165) is 0 Å². The van der Waals surface area contributed by atoms with Gasteiger partial charge in [0.1, 0.15) is 0 Å². The summed E-state index contributed by atoms with van der Waals surface area (Å²) in [6.07, 6.45) is 0.141. The minimum absolute atomic E-state index is 0.0603. The Bertz CT molecular complexity index is 385. The highest BCUT2D eigenvalue weighted by molar-refractivity contribution is 5.78. The van der Waals surface area contributed by atoms with Crippen LogP contribution in [0, 0.1) is 11.8 Å². The van der Waals surface area contributed by atoms with Gasteiger partial charge in [0.25, 0.3) is 0 Å². The van der Waals surface area contributed by atoms with Gasteiger partial charge in [-0.1, -0.05) is 6.92 Å². The largest absolute Gasteiger partial charge is 0.481 e. The first-order chi connectivity index (χ1) is 9.36. The summed E-state index contributed by atoms with van der Waals surface area (Å²) >= 11 is 0. The molecule has 1 N–H and O–H groups in total. The van der Waals surface area contributed by atoms with Crippen molar-refractivity contribution < 1.29 is 24.2 Å². The maximum absolute atomic E-state index is 12.1. The third-order valence-corrected chi connectivity index (χ3v) is 3.48. The highest BCUT2D eigenvalue weighted by atomic mass is 16.5. The van der Waals surface area contributed by atoms with Crippen LogP contribution in [0.25, 0.3) is 0 Å². The molecule has 20 heavy (non-hydrogen) atoms. The van der Waals surface area contributed by atoms with Gasteiger partial charge in [0.2, 0.25) is 0 Å². The van der Waals surface area contributed by atoms with Crippen LogP contribution < -0.4 is 0 Å². The van der Waals surface area contributed by atoms with Crippen molar-refractivity contribution in [2.24, 2.45) is 11.8 Å². The quantitative estimate of drug-likeness (QED) is 0.750. The number of esters is 1. The molecular weight excluding hydrogens is 264 g/mol. The van der Waals surface area contributed by atoms with Crippen LogP contribution in [-0.2, 0) is 14.3 Å². The van der Waals surface area contributed by atoms with Crippen molar-refractivity contribution in [3.05, 3.63) is 0 Å². The van der Waals surface area contributed by atoms with Crippen LogP contribution in [-0.4, -0.2) is 66.2 Å². The van der Waals surface area contributed by atoms with Gasteiger partial charge in [0.15, 0.2) is 0 Å². The number of aliphatic carboxylic acids is 1. The standard InChI is InChI=1S/C13H22N2O5/c1-4-20-11(16)5-6-14(3)13(19)15-7-9(2)10(8-15)12(17)18/h9-10H,4-8H2,1-3H3,(H,17,18)/t9-,10-/m1/s1.